The van der Waals surface area contributed by atoms with Crippen LogP contribution in [-0.2, 0) is 0 Å². The van der Waals surface area contributed by atoms with Crippen molar-refractivity contribution in [3.05, 3.63) is 74.5 Å². The normalized spacial score (nSPS) is 17.8. The standard InChI is InChI=1S/C29H33ClF2N4O4/c1-18-6-7-21(12-25(18)31)40-17-20(37)15-34-8-10-35(11-9-34)33-29(39)23-16-36(19-4-2-3-5-19)27-14-24(30)26(32)13-22(27)28(23)38/h6-7,12-14,16,19-20,37H,2-5,8-11,15,17H2,1H3,(H,33,39). The van der Waals surface area contributed by atoms with Crippen LogP contribution in [0.1, 0.15) is 47.6 Å². The van der Waals surface area contributed by atoms with Gasteiger partial charge in [0.1, 0.15) is 35.7 Å². The zero-order valence-electron chi connectivity index (χ0n) is 22.3. The van der Waals surface area contributed by atoms with Crippen molar-refractivity contribution in [3.63, 3.8) is 0 Å². The van der Waals surface area contributed by atoms with Crippen LogP contribution in [0.5, 0.6) is 5.75 Å². The van der Waals surface area contributed by atoms with Gasteiger partial charge in [-0.25, -0.2) is 13.8 Å². The molecule has 1 amide bonds. The maximum absolute atomic E-state index is 14.3. The average molecular weight is 575 g/mol. The summed E-state index contributed by atoms with van der Waals surface area (Å²) in [5.74, 6) is -1.23. The van der Waals surface area contributed by atoms with E-state index in [1.54, 1.807) is 30.3 Å². The molecule has 40 heavy (non-hydrogen) atoms. The molecule has 3 aromatic rings. The summed E-state index contributed by atoms with van der Waals surface area (Å²) in [5, 5.41) is 12.2. The molecule has 0 spiro atoms. The number of aryl methyl sites for hydroxylation is 1. The number of hydrogen-bond acceptors (Lipinski definition) is 6. The average Bonchev–Trinajstić information content (AvgIpc) is 3.47. The quantitative estimate of drug-likeness (QED) is 0.422. The van der Waals surface area contributed by atoms with Crippen LogP contribution in [0.4, 0.5) is 8.78 Å². The number of β-amino-alcohol motifs (C(OH)–C–C–N with tert-alkyl or cyclic N) is 1. The van der Waals surface area contributed by atoms with E-state index < -0.39 is 23.3 Å². The Morgan fingerprint density at radius 3 is 2.55 bits per heavy atom. The molecule has 1 aliphatic heterocycles. The Labute approximate surface area is 236 Å². The lowest BCUT2D eigenvalue weighted by Crippen LogP contribution is -2.55. The number of aliphatic hydroxyl groups is 1. The van der Waals surface area contributed by atoms with Gasteiger partial charge in [-0.3, -0.25) is 19.9 Å². The predicted octanol–water partition coefficient (Wildman–Crippen LogP) is 4.06. The summed E-state index contributed by atoms with van der Waals surface area (Å²) >= 11 is 6.03. The van der Waals surface area contributed by atoms with Crippen LogP contribution >= 0.6 is 11.6 Å². The summed E-state index contributed by atoms with van der Waals surface area (Å²) in [6.07, 6.45) is 4.72. The first-order valence-corrected chi connectivity index (χ1v) is 14.0. The first-order chi connectivity index (χ1) is 19.2. The number of amides is 1. The third-order valence-corrected chi connectivity index (χ3v) is 8.01. The van der Waals surface area contributed by atoms with Gasteiger partial charge < -0.3 is 14.4 Å². The van der Waals surface area contributed by atoms with Crippen molar-refractivity contribution in [2.24, 2.45) is 0 Å². The number of aliphatic hydroxyl groups excluding tert-OH is 1. The summed E-state index contributed by atoms with van der Waals surface area (Å²) in [6.45, 7) is 4.17. The lowest BCUT2D eigenvalue weighted by molar-refractivity contribution is 0.0316. The molecule has 214 valence electrons. The highest BCUT2D eigenvalue weighted by Gasteiger charge is 2.26. The number of carbonyl (C=O) groups excluding carboxylic acids is 1. The predicted molar refractivity (Wildman–Crippen MR) is 149 cm³/mol. The van der Waals surface area contributed by atoms with Crippen LogP contribution in [0.15, 0.2) is 41.3 Å². The number of hydrazine groups is 1. The van der Waals surface area contributed by atoms with Gasteiger partial charge in [0.25, 0.3) is 5.91 Å². The first kappa shape index (κ1) is 28.5. The highest BCUT2D eigenvalue weighted by molar-refractivity contribution is 6.31. The second-order valence-electron chi connectivity index (χ2n) is 10.6. The van der Waals surface area contributed by atoms with Crippen LogP contribution < -0.4 is 15.6 Å². The number of fused-ring (bicyclic) bond motifs is 1. The SMILES string of the molecule is Cc1ccc(OCC(O)CN2CCN(NC(=O)c3cn(C4CCCC4)c4cc(Cl)c(F)cc4c3=O)CC2)cc1F. The molecule has 1 atom stereocenters. The number of benzene rings is 2. The van der Waals surface area contributed by atoms with Crippen molar-refractivity contribution in [2.45, 2.75) is 44.8 Å². The number of halogens is 3. The van der Waals surface area contributed by atoms with Gasteiger partial charge in [0.15, 0.2) is 0 Å². The van der Waals surface area contributed by atoms with Crippen LogP contribution in [-0.4, -0.2) is 70.9 Å². The Hall–Kier alpha value is -3.05. The molecular weight excluding hydrogens is 542 g/mol. The highest BCUT2D eigenvalue weighted by Crippen LogP contribution is 2.33. The Kier molecular flexibility index (Phi) is 8.70. The fraction of sp³-hybridized carbons (Fsp3) is 0.448. The minimum absolute atomic E-state index is 0.0283. The number of carbonyl (C=O) groups is 1. The fourth-order valence-electron chi connectivity index (χ4n) is 5.44. The number of ether oxygens (including phenoxy) is 1. The highest BCUT2D eigenvalue weighted by atomic mass is 35.5. The van der Waals surface area contributed by atoms with Crippen molar-refractivity contribution in [3.8, 4) is 5.75 Å². The Morgan fingerprint density at radius 1 is 1.12 bits per heavy atom. The van der Waals surface area contributed by atoms with Crippen LogP contribution in [0.25, 0.3) is 10.9 Å². The van der Waals surface area contributed by atoms with Crippen molar-refractivity contribution >= 4 is 28.4 Å². The lowest BCUT2D eigenvalue weighted by atomic mass is 10.1. The van der Waals surface area contributed by atoms with Gasteiger partial charge >= 0.3 is 0 Å². The molecule has 11 heteroatoms. The maximum Gasteiger partial charge on any atom is 0.271 e. The lowest BCUT2D eigenvalue weighted by Gasteiger charge is -2.35. The van der Waals surface area contributed by atoms with E-state index in [-0.39, 0.29) is 34.4 Å². The van der Waals surface area contributed by atoms with Gasteiger partial charge in [-0.1, -0.05) is 30.5 Å². The van der Waals surface area contributed by atoms with E-state index in [4.69, 9.17) is 16.3 Å². The van der Waals surface area contributed by atoms with Gasteiger partial charge in [0, 0.05) is 56.4 Å². The number of nitrogens with one attached hydrogen (secondary N) is 1. The third kappa shape index (κ3) is 6.30. The number of aromatic nitrogens is 1. The second kappa shape index (κ2) is 12.2. The molecule has 0 bridgehead atoms. The van der Waals surface area contributed by atoms with Crippen LogP contribution in [0, 0.1) is 18.6 Å². The van der Waals surface area contributed by atoms with Crippen LogP contribution in [0.2, 0.25) is 5.02 Å². The first-order valence-electron chi connectivity index (χ1n) is 13.6. The van der Waals surface area contributed by atoms with E-state index in [2.05, 4.69) is 5.43 Å². The number of pyridine rings is 1. The molecule has 2 N–H and O–H groups in total. The minimum atomic E-state index is -0.772. The number of rotatable bonds is 8. The zero-order chi connectivity index (χ0) is 28.4. The molecule has 2 aromatic carbocycles. The second-order valence-corrected chi connectivity index (χ2v) is 11.0. The summed E-state index contributed by atoms with van der Waals surface area (Å²) in [7, 11) is 0. The number of piperazine rings is 1. The molecule has 1 aromatic heterocycles. The topological polar surface area (TPSA) is 87.0 Å². The van der Waals surface area contributed by atoms with E-state index >= 15 is 0 Å². The summed E-state index contributed by atoms with van der Waals surface area (Å²) in [5.41, 5.74) is 3.31. The maximum atomic E-state index is 14.3. The van der Waals surface area contributed by atoms with Crippen molar-refractivity contribution in [2.75, 3.05) is 39.3 Å². The van der Waals surface area contributed by atoms with Crippen molar-refractivity contribution in [1.29, 1.82) is 0 Å². The smallest absolute Gasteiger partial charge is 0.271 e. The molecule has 2 aliphatic rings. The van der Waals surface area contributed by atoms with Crippen molar-refractivity contribution < 1.29 is 23.4 Å². The molecule has 5 rings (SSSR count). The molecule has 1 unspecified atom stereocenters. The van der Waals surface area contributed by atoms with Gasteiger partial charge in [-0.05, 0) is 43.5 Å². The molecule has 8 nitrogen and oxygen atoms in total. The molecule has 2 fully saturated rings. The Balaban J connectivity index is 1.20. The third-order valence-electron chi connectivity index (χ3n) is 7.72. The minimum Gasteiger partial charge on any atom is -0.491 e. The number of nitrogens with zero attached hydrogens (tertiary/aromatic N) is 3. The van der Waals surface area contributed by atoms with Gasteiger partial charge in [-0.2, -0.15) is 0 Å². The largest absolute Gasteiger partial charge is 0.491 e. The zero-order valence-corrected chi connectivity index (χ0v) is 23.1. The molecule has 2 heterocycles. The summed E-state index contributed by atoms with van der Waals surface area (Å²) in [4.78, 5) is 28.5. The van der Waals surface area contributed by atoms with E-state index in [0.717, 1.165) is 31.7 Å². The van der Waals surface area contributed by atoms with Crippen LogP contribution in [0.3, 0.4) is 0 Å². The molecule has 1 aliphatic carbocycles. The van der Waals surface area contributed by atoms with Gasteiger partial charge in [0.2, 0.25) is 5.43 Å². The van der Waals surface area contributed by atoms with E-state index in [1.807, 2.05) is 9.47 Å². The van der Waals surface area contributed by atoms with Gasteiger partial charge in [-0.15, -0.1) is 0 Å². The Morgan fingerprint density at radius 2 is 1.85 bits per heavy atom. The number of hydrogen-bond donors (Lipinski definition) is 2. The van der Waals surface area contributed by atoms with E-state index in [9.17, 15) is 23.5 Å². The Bertz CT molecular complexity index is 1450. The van der Waals surface area contributed by atoms with Crippen molar-refractivity contribution in [1.82, 2.24) is 19.9 Å². The van der Waals surface area contributed by atoms with E-state index in [0.29, 0.717) is 49.6 Å². The molecule has 0 radical (unpaired) electrons. The van der Waals surface area contributed by atoms with Gasteiger partial charge in [0.05, 0.1) is 10.5 Å². The molecule has 1 saturated heterocycles. The monoisotopic (exact) mass is 574 g/mol. The molecular formula is C29H33ClF2N4O4. The fourth-order valence-corrected chi connectivity index (χ4v) is 5.60. The summed E-state index contributed by atoms with van der Waals surface area (Å²) in [6, 6.07) is 7.28. The molecule has 1 saturated carbocycles. The van der Waals surface area contributed by atoms with E-state index in [1.165, 1.54) is 12.1 Å². The summed E-state index contributed by atoms with van der Waals surface area (Å²) < 4.78 is 35.4.